The summed E-state index contributed by atoms with van der Waals surface area (Å²) in [6.07, 6.45) is 4.47. The van der Waals surface area contributed by atoms with Crippen LogP contribution in [0.15, 0.2) is 11.2 Å². The van der Waals surface area contributed by atoms with Gasteiger partial charge in [-0.05, 0) is 12.8 Å². The van der Waals surface area contributed by atoms with Crippen molar-refractivity contribution in [3.05, 3.63) is 12.0 Å². The van der Waals surface area contributed by atoms with Gasteiger partial charge in [0.05, 0.1) is 17.2 Å². The number of thiocarbonyl (C=S) groups is 1. The highest BCUT2D eigenvalue weighted by Gasteiger charge is 2.35. The SMILES string of the molecule is CCc1ncc(S(=O)(=O)N2CCCCC2C(N)=S)[nH]1. The van der Waals surface area contributed by atoms with Crippen molar-refractivity contribution in [2.24, 2.45) is 5.73 Å². The molecule has 1 aromatic rings. The van der Waals surface area contributed by atoms with Gasteiger partial charge < -0.3 is 10.7 Å². The molecule has 1 aromatic heterocycles. The van der Waals surface area contributed by atoms with E-state index in [-0.39, 0.29) is 16.1 Å². The maximum atomic E-state index is 12.6. The summed E-state index contributed by atoms with van der Waals surface area (Å²) in [5, 5.41) is 0.118. The normalized spacial score (nSPS) is 21.4. The number of aromatic nitrogens is 2. The maximum Gasteiger partial charge on any atom is 0.260 e. The highest BCUT2D eigenvalue weighted by atomic mass is 32.2. The van der Waals surface area contributed by atoms with Crippen molar-refractivity contribution in [1.29, 1.82) is 0 Å². The van der Waals surface area contributed by atoms with E-state index >= 15 is 0 Å². The van der Waals surface area contributed by atoms with Gasteiger partial charge in [0, 0.05) is 13.0 Å². The second-order valence-electron chi connectivity index (χ2n) is 4.58. The van der Waals surface area contributed by atoms with Gasteiger partial charge in [-0.15, -0.1) is 0 Å². The van der Waals surface area contributed by atoms with E-state index in [1.165, 1.54) is 10.5 Å². The zero-order valence-electron chi connectivity index (χ0n) is 10.8. The molecule has 19 heavy (non-hydrogen) atoms. The van der Waals surface area contributed by atoms with Gasteiger partial charge in [-0.2, -0.15) is 4.31 Å². The van der Waals surface area contributed by atoms with Gasteiger partial charge in [0.2, 0.25) is 0 Å². The van der Waals surface area contributed by atoms with Crippen LogP contribution in [0.2, 0.25) is 0 Å². The van der Waals surface area contributed by atoms with E-state index in [4.69, 9.17) is 18.0 Å². The molecule has 0 aliphatic carbocycles. The molecule has 1 unspecified atom stereocenters. The lowest BCUT2D eigenvalue weighted by Gasteiger charge is -2.33. The molecule has 0 bridgehead atoms. The number of nitrogens with one attached hydrogen (secondary N) is 1. The Balaban J connectivity index is 2.34. The van der Waals surface area contributed by atoms with Crippen LogP contribution in [0.5, 0.6) is 0 Å². The van der Waals surface area contributed by atoms with Gasteiger partial charge >= 0.3 is 0 Å². The van der Waals surface area contributed by atoms with Gasteiger partial charge in [0.1, 0.15) is 5.82 Å². The fourth-order valence-electron chi connectivity index (χ4n) is 2.26. The third kappa shape index (κ3) is 2.80. The number of aromatic amines is 1. The third-order valence-corrected chi connectivity index (χ3v) is 5.40. The number of hydrogen-bond acceptors (Lipinski definition) is 4. The topological polar surface area (TPSA) is 92.1 Å². The Morgan fingerprint density at radius 3 is 2.95 bits per heavy atom. The van der Waals surface area contributed by atoms with Crippen LogP contribution in [-0.4, -0.2) is 40.3 Å². The van der Waals surface area contributed by atoms with Gasteiger partial charge in [0.25, 0.3) is 10.0 Å². The molecule has 3 N–H and O–H groups in total. The van der Waals surface area contributed by atoms with Crippen molar-refractivity contribution < 1.29 is 8.42 Å². The quantitative estimate of drug-likeness (QED) is 0.803. The predicted octanol–water partition coefficient (Wildman–Crippen LogP) is 0.801. The summed E-state index contributed by atoms with van der Waals surface area (Å²) < 4.78 is 26.5. The largest absolute Gasteiger partial charge is 0.392 e. The van der Waals surface area contributed by atoms with Crippen LogP contribution in [0.3, 0.4) is 0 Å². The lowest BCUT2D eigenvalue weighted by atomic mass is 10.1. The van der Waals surface area contributed by atoms with Gasteiger partial charge in [-0.1, -0.05) is 25.6 Å². The summed E-state index contributed by atoms with van der Waals surface area (Å²) in [6.45, 7) is 2.36. The lowest BCUT2D eigenvalue weighted by Crippen LogP contribution is -2.49. The van der Waals surface area contributed by atoms with Crippen LogP contribution in [0.4, 0.5) is 0 Å². The number of nitrogens with two attached hydrogens (primary N) is 1. The first kappa shape index (κ1) is 14.4. The predicted molar refractivity (Wildman–Crippen MR) is 76.3 cm³/mol. The minimum Gasteiger partial charge on any atom is -0.392 e. The van der Waals surface area contributed by atoms with Crippen LogP contribution in [0, 0.1) is 0 Å². The first-order valence-electron chi connectivity index (χ1n) is 6.32. The molecule has 8 heteroatoms. The molecular weight excluding hydrogens is 284 g/mol. The summed E-state index contributed by atoms with van der Waals surface area (Å²) in [5.41, 5.74) is 5.66. The van der Waals surface area contributed by atoms with Crippen LogP contribution in [0.25, 0.3) is 0 Å². The molecule has 6 nitrogen and oxygen atoms in total. The van der Waals surface area contributed by atoms with Crippen molar-refractivity contribution in [2.45, 2.75) is 43.7 Å². The van der Waals surface area contributed by atoms with Crippen LogP contribution in [-0.2, 0) is 16.4 Å². The average Bonchev–Trinajstić information content (AvgIpc) is 2.88. The first-order valence-corrected chi connectivity index (χ1v) is 8.16. The van der Waals surface area contributed by atoms with E-state index in [0.717, 1.165) is 12.8 Å². The highest BCUT2D eigenvalue weighted by Crippen LogP contribution is 2.24. The van der Waals surface area contributed by atoms with E-state index in [2.05, 4.69) is 9.97 Å². The van der Waals surface area contributed by atoms with Crippen molar-refractivity contribution in [3.8, 4) is 0 Å². The summed E-state index contributed by atoms with van der Waals surface area (Å²) in [6, 6.07) is -0.387. The Morgan fingerprint density at radius 2 is 2.37 bits per heavy atom. The molecule has 0 radical (unpaired) electrons. The Labute approximate surface area is 118 Å². The highest BCUT2D eigenvalue weighted by molar-refractivity contribution is 7.89. The van der Waals surface area contributed by atoms with Crippen LogP contribution in [0.1, 0.15) is 32.0 Å². The fraction of sp³-hybridized carbons (Fsp3) is 0.636. The standard InChI is InChI=1S/C11H18N4O2S2/c1-2-9-13-7-10(14-9)19(16,17)15-6-4-3-5-8(15)11(12)18/h7-8H,2-6H2,1H3,(H2,12,18)(H,13,14). The number of imidazole rings is 1. The zero-order valence-corrected chi connectivity index (χ0v) is 12.4. The van der Waals surface area contributed by atoms with Crippen LogP contribution >= 0.6 is 12.2 Å². The molecule has 2 rings (SSSR count). The number of nitrogens with zero attached hydrogens (tertiary/aromatic N) is 2. The van der Waals surface area contributed by atoms with Gasteiger partial charge in [-0.3, -0.25) is 0 Å². The molecule has 0 saturated carbocycles. The molecule has 1 atom stereocenters. The molecule has 1 aliphatic rings. The minimum absolute atomic E-state index is 0.118. The molecule has 1 aliphatic heterocycles. The van der Waals surface area contributed by atoms with Gasteiger partial charge in [-0.25, -0.2) is 13.4 Å². The molecule has 0 amide bonds. The Kier molecular flexibility index (Phi) is 4.22. The molecule has 0 spiro atoms. The van der Waals surface area contributed by atoms with E-state index in [1.54, 1.807) is 0 Å². The van der Waals surface area contributed by atoms with E-state index in [0.29, 0.717) is 25.2 Å². The molecule has 0 aromatic carbocycles. The Bertz CT molecular complexity index is 567. The maximum absolute atomic E-state index is 12.6. The second kappa shape index (κ2) is 5.56. The molecule has 1 saturated heterocycles. The summed E-state index contributed by atoms with van der Waals surface area (Å²) in [7, 11) is -3.60. The van der Waals surface area contributed by atoms with E-state index < -0.39 is 10.0 Å². The summed E-state index contributed by atoms with van der Waals surface area (Å²) in [4.78, 5) is 7.11. The minimum atomic E-state index is -3.60. The molecule has 106 valence electrons. The lowest BCUT2D eigenvalue weighted by molar-refractivity contribution is 0.306. The Morgan fingerprint density at radius 1 is 1.63 bits per heavy atom. The first-order chi connectivity index (χ1) is 8.96. The smallest absolute Gasteiger partial charge is 0.260 e. The number of piperidine rings is 1. The monoisotopic (exact) mass is 302 g/mol. The molecule has 2 heterocycles. The summed E-state index contributed by atoms with van der Waals surface area (Å²) in [5.74, 6) is 0.655. The number of H-pyrrole nitrogens is 1. The second-order valence-corrected chi connectivity index (χ2v) is 6.91. The Hall–Kier alpha value is -0.990. The number of hydrogen-bond donors (Lipinski definition) is 2. The van der Waals surface area contributed by atoms with Gasteiger partial charge in [0.15, 0.2) is 5.03 Å². The summed E-state index contributed by atoms with van der Waals surface area (Å²) >= 11 is 4.99. The number of sulfonamides is 1. The van der Waals surface area contributed by atoms with E-state index in [1.807, 2.05) is 6.92 Å². The van der Waals surface area contributed by atoms with Crippen molar-refractivity contribution in [1.82, 2.24) is 14.3 Å². The number of aryl methyl sites for hydroxylation is 1. The van der Waals surface area contributed by atoms with Crippen molar-refractivity contribution >= 4 is 27.2 Å². The van der Waals surface area contributed by atoms with Crippen LogP contribution < -0.4 is 5.73 Å². The molecule has 1 fully saturated rings. The molecular formula is C11H18N4O2S2. The third-order valence-electron chi connectivity index (χ3n) is 3.31. The zero-order chi connectivity index (χ0) is 14.0. The fourth-order valence-corrected chi connectivity index (χ4v) is 4.18. The van der Waals surface area contributed by atoms with E-state index in [9.17, 15) is 8.42 Å². The number of rotatable bonds is 4. The van der Waals surface area contributed by atoms with Crippen molar-refractivity contribution in [3.63, 3.8) is 0 Å². The van der Waals surface area contributed by atoms with Crippen molar-refractivity contribution in [2.75, 3.05) is 6.54 Å². The average molecular weight is 302 g/mol.